The van der Waals surface area contributed by atoms with Crippen LogP contribution in [-0.4, -0.2) is 24.0 Å². The zero-order valence-electron chi connectivity index (χ0n) is 11.4. The van der Waals surface area contributed by atoms with Crippen LogP contribution in [0.15, 0.2) is 23.8 Å². The molecule has 19 heavy (non-hydrogen) atoms. The molecule has 1 amide bonds. The van der Waals surface area contributed by atoms with Gasteiger partial charge in [0.15, 0.2) is 0 Å². The third-order valence-corrected chi connectivity index (χ3v) is 3.43. The number of aryl methyl sites for hydroxylation is 1. The molecule has 4 nitrogen and oxygen atoms in total. The number of carboxylic acid groups (broad SMARTS) is 1. The maximum atomic E-state index is 11.6. The first-order valence-electron chi connectivity index (χ1n) is 6.22. The minimum atomic E-state index is -0.916. The summed E-state index contributed by atoms with van der Waals surface area (Å²) in [6, 6.07) is 5.48. The molecule has 0 aliphatic carbocycles. The Morgan fingerprint density at radius 3 is 2.53 bits per heavy atom. The molecule has 1 aliphatic heterocycles. The number of carbonyl (C=O) groups excluding carboxylic acids is 1. The fourth-order valence-electron chi connectivity index (χ4n) is 2.44. The number of aliphatic carboxylic acids is 1. The van der Waals surface area contributed by atoms with Gasteiger partial charge in [-0.15, -0.1) is 0 Å². The second kappa shape index (κ2) is 4.88. The Hall–Kier alpha value is -2.10. The van der Waals surface area contributed by atoms with E-state index >= 15 is 0 Å². The maximum Gasteiger partial charge on any atom is 0.336 e. The van der Waals surface area contributed by atoms with Gasteiger partial charge in [-0.2, -0.15) is 0 Å². The first-order valence-corrected chi connectivity index (χ1v) is 6.22. The normalized spacial score (nSPS) is 14.1. The Bertz CT molecular complexity index is 583. The number of hydrogen-bond acceptors (Lipinski definition) is 2. The number of allylic oxidation sites excluding steroid dienone is 1. The third-order valence-electron chi connectivity index (χ3n) is 3.43. The van der Waals surface area contributed by atoms with Crippen LogP contribution in [0.25, 0.3) is 5.57 Å². The van der Waals surface area contributed by atoms with Gasteiger partial charge in [-0.25, -0.2) is 4.79 Å². The minimum absolute atomic E-state index is 0.0981. The Morgan fingerprint density at radius 2 is 1.95 bits per heavy atom. The van der Waals surface area contributed by atoms with Crippen molar-refractivity contribution in [2.75, 3.05) is 11.9 Å². The highest BCUT2D eigenvalue weighted by Gasteiger charge is 2.22. The van der Waals surface area contributed by atoms with Gasteiger partial charge in [0.25, 0.3) is 0 Å². The molecule has 0 fully saturated rings. The van der Waals surface area contributed by atoms with Gasteiger partial charge in [-0.3, -0.25) is 4.79 Å². The van der Waals surface area contributed by atoms with Gasteiger partial charge in [0.05, 0.1) is 5.57 Å². The molecule has 0 atom stereocenters. The smallest absolute Gasteiger partial charge is 0.336 e. The monoisotopic (exact) mass is 259 g/mol. The number of amides is 1. The number of rotatable bonds is 2. The Labute approximate surface area is 112 Å². The summed E-state index contributed by atoms with van der Waals surface area (Å²) in [6.07, 6.45) is 1.15. The molecule has 0 unspecified atom stereocenters. The Kier molecular flexibility index (Phi) is 3.42. The molecule has 0 saturated heterocycles. The van der Waals surface area contributed by atoms with Crippen LogP contribution in [-0.2, 0) is 16.0 Å². The van der Waals surface area contributed by atoms with Crippen molar-refractivity contribution in [3.8, 4) is 0 Å². The van der Waals surface area contributed by atoms with Crippen LogP contribution in [0.5, 0.6) is 0 Å². The number of benzene rings is 1. The highest BCUT2D eigenvalue weighted by Crippen LogP contribution is 2.30. The fourth-order valence-corrected chi connectivity index (χ4v) is 2.44. The number of anilines is 1. The van der Waals surface area contributed by atoms with Crippen molar-refractivity contribution in [1.82, 2.24) is 0 Å². The first-order chi connectivity index (χ1) is 8.91. The van der Waals surface area contributed by atoms with E-state index < -0.39 is 5.97 Å². The highest BCUT2D eigenvalue weighted by molar-refractivity contribution is 6.16. The molecule has 0 saturated carbocycles. The summed E-state index contributed by atoms with van der Waals surface area (Å²) in [6.45, 7) is 3.58. The predicted molar refractivity (Wildman–Crippen MR) is 74.1 cm³/mol. The largest absolute Gasteiger partial charge is 0.478 e. The van der Waals surface area contributed by atoms with Crippen LogP contribution in [0.1, 0.15) is 31.4 Å². The molecule has 1 N–H and O–H groups in total. The van der Waals surface area contributed by atoms with Crippen molar-refractivity contribution >= 4 is 23.1 Å². The predicted octanol–water partition coefficient (Wildman–Crippen LogP) is 2.47. The van der Waals surface area contributed by atoms with Crippen molar-refractivity contribution in [2.45, 2.75) is 26.7 Å². The van der Waals surface area contributed by atoms with Gasteiger partial charge in [0.1, 0.15) is 0 Å². The van der Waals surface area contributed by atoms with E-state index in [9.17, 15) is 14.7 Å². The van der Waals surface area contributed by atoms with Crippen LogP contribution in [0, 0.1) is 0 Å². The minimum Gasteiger partial charge on any atom is -0.478 e. The lowest BCUT2D eigenvalue weighted by Gasteiger charge is -2.26. The summed E-state index contributed by atoms with van der Waals surface area (Å²) >= 11 is 0. The average Bonchev–Trinajstić information content (AvgIpc) is 2.33. The zero-order valence-corrected chi connectivity index (χ0v) is 11.4. The van der Waals surface area contributed by atoms with E-state index in [1.165, 1.54) is 0 Å². The number of hydrogen-bond donors (Lipinski definition) is 1. The van der Waals surface area contributed by atoms with Crippen LogP contribution in [0.2, 0.25) is 0 Å². The summed E-state index contributed by atoms with van der Waals surface area (Å²) < 4.78 is 0. The van der Waals surface area contributed by atoms with Gasteiger partial charge in [0.2, 0.25) is 5.91 Å². The molecule has 100 valence electrons. The molecular weight excluding hydrogens is 242 g/mol. The lowest BCUT2D eigenvalue weighted by molar-refractivity contribution is -0.130. The molecule has 1 aromatic carbocycles. The van der Waals surface area contributed by atoms with Gasteiger partial charge < -0.3 is 10.0 Å². The molecule has 2 rings (SSSR count). The van der Waals surface area contributed by atoms with Crippen molar-refractivity contribution < 1.29 is 14.7 Å². The lowest BCUT2D eigenvalue weighted by Crippen LogP contribution is -2.31. The second-order valence-electron chi connectivity index (χ2n) is 4.98. The molecule has 0 aromatic heterocycles. The quantitative estimate of drug-likeness (QED) is 0.830. The average molecular weight is 259 g/mol. The molecule has 0 bridgehead atoms. The maximum absolute atomic E-state index is 11.6. The number of nitrogens with zero attached hydrogens (tertiary/aromatic N) is 1. The van der Waals surface area contributed by atoms with Gasteiger partial charge in [-0.05, 0) is 43.5 Å². The van der Waals surface area contributed by atoms with Crippen molar-refractivity contribution in [3.63, 3.8) is 0 Å². The number of fused-ring (bicyclic) bond motifs is 1. The zero-order chi connectivity index (χ0) is 14.2. The van der Waals surface area contributed by atoms with E-state index in [1.807, 2.05) is 12.1 Å². The topological polar surface area (TPSA) is 57.6 Å². The second-order valence-corrected chi connectivity index (χ2v) is 4.98. The molecule has 1 aliphatic rings. The van der Waals surface area contributed by atoms with Crippen molar-refractivity contribution in [1.29, 1.82) is 0 Å². The molecule has 1 aromatic rings. The molecule has 1 heterocycles. The third kappa shape index (κ3) is 2.38. The van der Waals surface area contributed by atoms with Crippen LogP contribution < -0.4 is 4.90 Å². The fraction of sp³-hybridized carbons (Fsp3) is 0.333. The van der Waals surface area contributed by atoms with Crippen molar-refractivity contribution in [3.05, 3.63) is 34.9 Å². The van der Waals surface area contributed by atoms with E-state index in [0.717, 1.165) is 16.8 Å². The lowest BCUT2D eigenvalue weighted by atomic mass is 9.94. The Balaban J connectivity index is 2.51. The van der Waals surface area contributed by atoms with Crippen molar-refractivity contribution in [2.24, 2.45) is 0 Å². The summed E-state index contributed by atoms with van der Waals surface area (Å²) in [5.41, 5.74) is 3.71. The molecule has 0 spiro atoms. The highest BCUT2D eigenvalue weighted by atomic mass is 16.4. The summed E-state index contributed by atoms with van der Waals surface area (Å²) in [7, 11) is 1.75. The van der Waals surface area contributed by atoms with Crippen LogP contribution in [0.3, 0.4) is 0 Å². The van der Waals surface area contributed by atoms with Gasteiger partial charge >= 0.3 is 5.97 Å². The SMILES string of the molecule is CC(C)=C(C(=O)O)c1ccc2c(c1)CCC(=O)N2C. The molecule has 4 heteroatoms. The van der Waals surface area contributed by atoms with Gasteiger partial charge in [-0.1, -0.05) is 11.6 Å². The van der Waals surface area contributed by atoms with Gasteiger partial charge in [0, 0.05) is 19.2 Å². The van der Waals surface area contributed by atoms with E-state index in [1.54, 1.807) is 31.9 Å². The van der Waals surface area contributed by atoms with Crippen LogP contribution in [0.4, 0.5) is 5.69 Å². The van der Waals surface area contributed by atoms with E-state index in [2.05, 4.69) is 0 Å². The van der Waals surface area contributed by atoms with E-state index in [-0.39, 0.29) is 5.91 Å². The molecule has 0 radical (unpaired) electrons. The summed E-state index contributed by atoms with van der Waals surface area (Å²) in [5, 5.41) is 9.27. The number of carbonyl (C=O) groups is 2. The Morgan fingerprint density at radius 1 is 1.26 bits per heavy atom. The van der Waals surface area contributed by atoms with E-state index in [4.69, 9.17) is 0 Å². The first kappa shape index (κ1) is 13.3. The standard InChI is InChI=1S/C15H17NO3/c1-9(2)14(15(18)19)11-4-6-12-10(8-11)5-7-13(17)16(12)3/h4,6,8H,5,7H2,1-3H3,(H,18,19). The number of carboxylic acids is 1. The summed E-state index contributed by atoms with van der Waals surface area (Å²) in [4.78, 5) is 24.5. The van der Waals surface area contributed by atoms with Crippen LogP contribution >= 0.6 is 0 Å². The molecular formula is C15H17NO3. The van der Waals surface area contributed by atoms with E-state index in [0.29, 0.717) is 24.0 Å². The summed E-state index contributed by atoms with van der Waals surface area (Å²) in [5.74, 6) is -0.818.